The van der Waals surface area contributed by atoms with E-state index in [2.05, 4.69) is 10.2 Å². The molecule has 86 valence electrons. The highest BCUT2D eigenvalue weighted by atomic mass is 35.5. The molecule has 0 atom stereocenters. The Morgan fingerprint density at radius 2 is 2.35 bits per heavy atom. The molecule has 6 heteroatoms. The molecular formula is C11H9ClN4O. The van der Waals surface area contributed by atoms with Crippen LogP contribution >= 0.6 is 11.6 Å². The third-order valence-corrected chi connectivity index (χ3v) is 2.55. The lowest BCUT2D eigenvalue weighted by atomic mass is 10.2. The third kappa shape index (κ3) is 2.55. The molecular weight excluding hydrogens is 240 g/mol. The average Bonchev–Trinajstić information content (AvgIpc) is 2.72. The molecule has 0 radical (unpaired) electrons. The molecule has 0 saturated carbocycles. The van der Waals surface area contributed by atoms with Crippen molar-refractivity contribution in [3.63, 3.8) is 0 Å². The van der Waals surface area contributed by atoms with Gasteiger partial charge in [0.05, 0.1) is 10.6 Å². The second-order valence-corrected chi connectivity index (χ2v) is 3.81. The summed E-state index contributed by atoms with van der Waals surface area (Å²) < 4.78 is 7.26. The Labute approximate surface area is 103 Å². The van der Waals surface area contributed by atoms with Crippen LogP contribution < -0.4 is 4.74 Å². The fourth-order valence-corrected chi connectivity index (χ4v) is 1.47. The van der Waals surface area contributed by atoms with Gasteiger partial charge in [-0.1, -0.05) is 11.6 Å². The maximum absolute atomic E-state index is 8.73. The van der Waals surface area contributed by atoms with Crippen molar-refractivity contribution < 1.29 is 4.74 Å². The highest BCUT2D eigenvalue weighted by Crippen LogP contribution is 2.22. The third-order valence-electron chi connectivity index (χ3n) is 2.23. The van der Waals surface area contributed by atoms with Crippen LogP contribution in [0.3, 0.4) is 0 Å². The van der Waals surface area contributed by atoms with Gasteiger partial charge in [0.25, 0.3) is 0 Å². The summed E-state index contributed by atoms with van der Waals surface area (Å²) in [4.78, 5) is 0. The zero-order chi connectivity index (χ0) is 12.3. The molecule has 0 amide bonds. The van der Waals surface area contributed by atoms with Gasteiger partial charge in [0, 0.05) is 13.1 Å². The fourth-order valence-electron chi connectivity index (χ4n) is 1.26. The van der Waals surface area contributed by atoms with Crippen LogP contribution in [-0.2, 0) is 13.7 Å². The van der Waals surface area contributed by atoms with Crippen LogP contribution in [-0.4, -0.2) is 14.8 Å². The van der Waals surface area contributed by atoms with Gasteiger partial charge in [0.2, 0.25) is 0 Å². The standard InChI is InChI=1S/C11H9ClN4O/c1-16-7-14-15-11(16)6-17-9-3-2-8(5-13)10(12)4-9/h2-4,7H,6H2,1H3. The Morgan fingerprint density at radius 1 is 1.53 bits per heavy atom. The molecule has 0 N–H and O–H groups in total. The van der Waals surface area contributed by atoms with Gasteiger partial charge < -0.3 is 9.30 Å². The van der Waals surface area contributed by atoms with Crippen LogP contribution in [0.5, 0.6) is 5.75 Å². The van der Waals surface area contributed by atoms with E-state index in [0.717, 1.165) is 0 Å². The van der Waals surface area contributed by atoms with E-state index in [9.17, 15) is 0 Å². The Hall–Kier alpha value is -2.06. The number of aryl methyl sites for hydroxylation is 1. The minimum atomic E-state index is 0.304. The summed E-state index contributed by atoms with van der Waals surface area (Å²) in [6.45, 7) is 0.304. The summed E-state index contributed by atoms with van der Waals surface area (Å²) in [5, 5.41) is 16.7. The largest absolute Gasteiger partial charge is 0.486 e. The summed E-state index contributed by atoms with van der Waals surface area (Å²) in [5.41, 5.74) is 0.428. The number of rotatable bonds is 3. The van der Waals surface area contributed by atoms with Crippen molar-refractivity contribution in [2.75, 3.05) is 0 Å². The van der Waals surface area contributed by atoms with Crippen LogP contribution in [0.4, 0.5) is 0 Å². The quantitative estimate of drug-likeness (QED) is 0.832. The first-order valence-electron chi connectivity index (χ1n) is 4.86. The van der Waals surface area contributed by atoms with E-state index in [4.69, 9.17) is 21.6 Å². The normalized spacial score (nSPS) is 9.94. The van der Waals surface area contributed by atoms with Crippen LogP contribution in [0.2, 0.25) is 5.02 Å². The lowest BCUT2D eigenvalue weighted by molar-refractivity contribution is 0.291. The number of hydrogen-bond acceptors (Lipinski definition) is 4. The fraction of sp³-hybridized carbons (Fsp3) is 0.182. The molecule has 0 aliphatic carbocycles. The smallest absolute Gasteiger partial charge is 0.170 e. The second kappa shape index (κ2) is 4.85. The molecule has 0 fully saturated rings. The van der Waals surface area contributed by atoms with Gasteiger partial charge in [-0.2, -0.15) is 5.26 Å². The Balaban J connectivity index is 2.08. The lowest BCUT2D eigenvalue weighted by Crippen LogP contribution is -2.03. The van der Waals surface area contributed by atoms with Crippen LogP contribution in [0.1, 0.15) is 11.4 Å². The van der Waals surface area contributed by atoms with Gasteiger partial charge in [0.1, 0.15) is 24.8 Å². The number of hydrogen-bond donors (Lipinski definition) is 0. The molecule has 0 unspecified atom stereocenters. The molecule has 1 aromatic heterocycles. The van der Waals surface area contributed by atoms with Gasteiger partial charge in [-0.05, 0) is 12.1 Å². The minimum absolute atomic E-state index is 0.304. The topological polar surface area (TPSA) is 63.7 Å². The predicted molar refractivity (Wildman–Crippen MR) is 61.5 cm³/mol. The van der Waals surface area contributed by atoms with E-state index in [1.54, 1.807) is 29.1 Å². The average molecular weight is 249 g/mol. The van der Waals surface area contributed by atoms with Crippen molar-refractivity contribution in [3.8, 4) is 11.8 Å². The van der Waals surface area contributed by atoms with Gasteiger partial charge in [-0.25, -0.2) is 0 Å². The first-order valence-corrected chi connectivity index (χ1v) is 5.24. The number of nitriles is 1. The SMILES string of the molecule is Cn1cnnc1COc1ccc(C#N)c(Cl)c1. The first-order chi connectivity index (χ1) is 8.20. The molecule has 2 aromatic rings. The van der Waals surface area contributed by atoms with E-state index < -0.39 is 0 Å². The maximum Gasteiger partial charge on any atom is 0.170 e. The van der Waals surface area contributed by atoms with E-state index >= 15 is 0 Å². The molecule has 1 heterocycles. The number of benzene rings is 1. The van der Waals surface area contributed by atoms with Crippen LogP contribution in [0.15, 0.2) is 24.5 Å². The Bertz CT molecular complexity index is 573. The molecule has 0 spiro atoms. The highest BCUT2D eigenvalue weighted by molar-refractivity contribution is 6.31. The zero-order valence-corrected chi connectivity index (χ0v) is 9.85. The number of nitrogens with zero attached hydrogens (tertiary/aromatic N) is 4. The molecule has 0 saturated heterocycles. The first kappa shape index (κ1) is 11.4. The van der Waals surface area contributed by atoms with Crippen molar-refractivity contribution in [2.24, 2.45) is 7.05 Å². The summed E-state index contributed by atoms with van der Waals surface area (Å²) >= 11 is 5.89. The van der Waals surface area contributed by atoms with Crippen molar-refractivity contribution in [2.45, 2.75) is 6.61 Å². The van der Waals surface area contributed by atoms with Gasteiger partial charge in [-0.3, -0.25) is 0 Å². The monoisotopic (exact) mass is 248 g/mol. The van der Waals surface area contributed by atoms with Crippen molar-refractivity contribution >= 4 is 11.6 Å². The Morgan fingerprint density at radius 3 is 2.94 bits per heavy atom. The van der Waals surface area contributed by atoms with Gasteiger partial charge in [-0.15, -0.1) is 10.2 Å². The highest BCUT2D eigenvalue weighted by Gasteiger charge is 2.04. The minimum Gasteiger partial charge on any atom is -0.486 e. The van der Waals surface area contributed by atoms with E-state index in [1.165, 1.54) is 0 Å². The van der Waals surface area contributed by atoms with E-state index in [-0.39, 0.29) is 0 Å². The molecule has 17 heavy (non-hydrogen) atoms. The Kier molecular flexibility index (Phi) is 3.26. The van der Waals surface area contributed by atoms with Gasteiger partial charge in [0.15, 0.2) is 5.82 Å². The maximum atomic E-state index is 8.73. The summed E-state index contributed by atoms with van der Waals surface area (Å²) in [5.74, 6) is 1.31. The second-order valence-electron chi connectivity index (χ2n) is 3.40. The zero-order valence-electron chi connectivity index (χ0n) is 9.09. The van der Waals surface area contributed by atoms with Crippen molar-refractivity contribution in [1.29, 1.82) is 5.26 Å². The number of aromatic nitrogens is 3. The molecule has 2 rings (SSSR count). The van der Waals surface area contributed by atoms with Crippen LogP contribution in [0, 0.1) is 11.3 Å². The van der Waals surface area contributed by atoms with E-state index in [0.29, 0.717) is 28.8 Å². The molecule has 1 aromatic carbocycles. The summed E-state index contributed by atoms with van der Waals surface area (Å²) in [6.07, 6.45) is 1.60. The number of halogens is 1. The van der Waals surface area contributed by atoms with Crippen molar-refractivity contribution in [1.82, 2.24) is 14.8 Å². The molecule has 5 nitrogen and oxygen atoms in total. The lowest BCUT2D eigenvalue weighted by Gasteiger charge is -2.06. The summed E-state index contributed by atoms with van der Waals surface area (Å²) in [6, 6.07) is 6.91. The predicted octanol–water partition coefficient (Wildman–Crippen LogP) is 1.92. The van der Waals surface area contributed by atoms with Crippen LogP contribution in [0.25, 0.3) is 0 Å². The van der Waals surface area contributed by atoms with Gasteiger partial charge >= 0.3 is 0 Å². The summed E-state index contributed by atoms with van der Waals surface area (Å²) in [7, 11) is 1.84. The van der Waals surface area contributed by atoms with Crippen molar-refractivity contribution in [3.05, 3.63) is 40.9 Å². The molecule has 0 aliphatic heterocycles. The molecule has 0 aliphatic rings. The molecule has 0 bridgehead atoms. The van der Waals surface area contributed by atoms with E-state index in [1.807, 2.05) is 13.1 Å². The number of ether oxygens (including phenoxy) is 1.